The van der Waals surface area contributed by atoms with E-state index >= 15 is 0 Å². The first kappa shape index (κ1) is 19.3. The Kier molecular flexibility index (Phi) is 5.96. The van der Waals surface area contributed by atoms with Crippen LogP contribution in [0.1, 0.15) is 24.9 Å². The Morgan fingerprint density at radius 3 is 2.59 bits per heavy atom. The lowest BCUT2D eigenvalue weighted by atomic mass is 10.1. The zero-order chi connectivity index (χ0) is 20.1. The van der Waals surface area contributed by atoms with Crippen molar-refractivity contribution in [1.29, 1.82) is 0 Å². The maximum Gasteiger partial charge on any atom is 0.190 e. The highest BCUT2D eigenvalue weighted by atomic mass is 32.1. The predicted molar refractivity (Wildman–Crippen MR) is 117 cm³/mol. The van der Waals surface area contributed by atoms with Gasteiger partial charge in [-0.2, -0.15) is 0 Å². The minimum atomic E-state index is -0.220. The van der Waals surface area contributed by atoms with Gasteiger partial charge in [0.2, 0.25) is 0 Å². The van der Waals surface area contributed by atoms with Crippen LogP contribution < -0.4 is 4.80 Å². The minimum absolute atomic E-state index is 0.159. The zero-order valence-corrected chi connectivity index (χ0v) is 17.0. The summed E-state index contributed by atoms with van der Waals surface area (Å²) in [4.78, 5) is 9.79. The quantitative estimate of drug-likeness (QED) is 0.378. The van der Waals surface area contributed by atoms with Crippen molar-refractivity contribution in [3.05, 3.63) is 101 Å². The van der Waals surface area contributed by atoms with Crippen molar-refractivity contribution in [1.82, 2.24) is 9.55 Å². The molecule has 1 unspecified atom stereocenters. The number of pyridine rings is 1. The van der Waals surface area contributed by atoms with Gasteiger partial charge in [-0.05, 0) is 49.6 Å². The summed E-state index contributed by atoms with van der Waals surface area (Å²) in [5, 5.41) is 1.99. The first-order chi connectivity index (χ1) is 14.2. The lowest BCUT2D eigenvalue weighted by molar-refractivity contribution is 0.499. The third kappa shape index (κ3) is 4.51. The Labute approximate surface area is 173 Å². The maximum atomic E-state index is 14.6. The Morgan fingerprint density at radius 2 is 1.83 bits per heavy atom. The molecule has 0 amide bonds. The fourth-order valence-electron chi connectivity index (χ4n) is 3.37. The number of thiazole rings is 1. The molecule has 5 heteroatoms. The topological polar surface area (TPSA) is 30.2 Å². The van der Waals surface area contributed by atoms with Crippen LogP contribution >= 0.6 is 11.3 Å². The molecule has 4 aromatic rings. The highest BCUT2D eigenvalue weighted by Gasteiger charge is 2.16. The van der Waals surface area contributed by atoms with Crippen LogP contribution in [0.2, 0.25) is 0 Å². The summed E-state index contributed by atoms with van der Waals surface area (Å²) >= 11 is 1.53. The van der Waals surface area contributed by atoms with E-state index in [4.69, 9.17) is 4.99 Å². The largest absolute Gasteiger partial charge is 0.314 e. The molecule has 0 saturated heterocycles. The molecule has 0 fully saturated rings. The van der Waals surface area contributed by atoms with E-state index in [0.29, 0.717) is 5.56 Å². The Morgan fingerprint density at radius 1 is 1.03 bits per heavy atom. The Hall–Kier alpha value is -3.05. The molecule has 0 spiro atoms. The molecule has 0 bridgehead atoms. The van der Waals surface area contributed by atoms with Crippen molar-refractivity contribution >= 4 is 17.0 Å². The molecule has 0 aliphatic carbocycles. The number of hydrogen-bond acceptors (Lipinski definition) is 3. The van der Waals surface area contributed by atoms with Gasteiger partial charge in [0.1, 0.15) is 5.82 Å². The molecule has 0 aliphatic rings. The molecular formula is C24H22FN3S. The van der Waals surface area contributed by atoms with Gasteiger partial charge in [0.25, 0.3) is 0 Å². The van der Waals surface area contributed by atoms with Crippen LogP contribution in [0.5, 0.6) is 0 Å². The van der Waals surface area contributed by atoms with E-state index in [1.807, 2.05) is 35.7 Å². The normalized spacial score (nSPS) is 12.8. The number of benzene rings is 2. The number of rotatable bonds is 6. The number of aryl methyl sites for hydroxylation is 1. The van der Waals surface area contributed by atoms with Crippen LogP contribution in [-0.2, 0) is 6.42 Å². The molecule has 2 aromatic heterocycles. The Bertz CT molecular complexity index is 1130. The molecule has 2 heterocycles. The highest BCUT2D eigenvalue weighted by Crippen LogP contribution is 2.28. The predicted octanol–water partition coefficient (Wildman–Crippen LogP) is 6.18. The number of halogens is 1. The van der Waals surface area contributed by atoms with Gasteiger partial charge < -0.3 is 4.57 Å². The SMILES string of the molecule is CC(CCc1ccccc1)n1c(-c2ccccc2F)csc1=Nc1cccnc1. The van der Waals surface area contributed by atoms with Crippen molar-refractivity contribution in [2.45, 2.75) is 25.8 Å². The average Bonchev–Trinajstić information content (AvgIpc) is 3.17. The number of aromatic nitrogens is 2. The van der Waals surface area contributed by atoms with Crippen LogP contribution in [0, 0.1) is 5.82 Å². The standard InChI is InChI=1S/C24H22FN3S/c1-18(13-14-19-8-3-2-4-9-19)28-23(21-11-5-6-12-22(21)25)17-29-24(28)27-20-10-7-15-26-16-20/h2-12,15-18H,13-14H2,1H3. The van der Waals surface area contributed by atoms with Crippen molar-refractivity contribution < 1.29 is 4.39 Å². The molecule has 2 aromatic carbocycles. The zero-order valence-electron chi connectivity index (χ0n) is 16.2. The van der Waals surface area contributed by atoms with Crippen LogP contribution in [0.4, 0.5) is 10.1 Å². The van der Waals surface area contributed by atoms with Gasteiger partial charge in [0, 0.05) is 23.2 Å². The molecular weight excluding hydrogens is 381 g/mol. The number of hydrogen-bond donors (Lipinski definition) is 0. The van der Waals surface area contributed by atoms with E-state index in [2.05, 4.69) is 40.7 Å². The third-order valence-corrected chi connectivity index (χ3v) is 5.74. The second-order valence-electron chi connectivity index (χ2n) is 6.95. The van der Waals surface area contributed by atoms with Gasteiger partial charge in [-0.15, -0.1) is 11.3 Å². The van der Waals surface area contributed by atoms with Gasteiger partial charge in [0.05, 0.1) is 17.6 Å². The minimum Gasteiger partial charge on any atom is -0.314 e. The van der Waals surface area contributed by atoms with Crippen molar-refractivity contribution in [2.24, 2.45) is 4.99 Å². The maximum absolute atomic E-state index is 14.6. The van der Waals surface area contributed by atoms with Gasteiger partial charge in [-0.3, -0.25) is 4.98 Å². The number of nitrogens with zero attached hydrogens (tertiary/aromatic N) is 3. The Balaban J connectivity index is 1.75. The molecule has 0 N–H and O–H groups in total. The molecule has 1 atom stereocenters. The fourth-order valence-corrected chi connectivity index (χ4v) is 4.38. The average molecular weight is 404 g/mol. The van der Waals surface area contributed by atoms with Crippen LogP contribution in [-0.4, -0.2) is 9.55 Å². The van der Waals surface area contributed by atoms with Gasteiger partial charge in [-0.1, -0.05) is 42.5 Å². The molecule has 29 heavy (non-hydrogen) atoms. The summed E-state index contributed by atoms with van der Waals surface area (Å²) in [5.74, 6) is -0.220. The monoisotopic (exact) mass is 403 g/mol. The second kappa shape index (κ2) is 8.97. The summed E-state index contributed by atoms with van der Waals surface area (Å²) in [6, 6.07) is 21.3. The second-order valence-corrected chi connectivity index (χ2v) is 7.79. The summed E-state index contributed by atoms with van der Waals surface area (Å²) in [6.07, 6.45) is 5.35. The van der Waals surface area contributed by atoms with Gasteiger partial charge in [-0.25, -0.2) is 9.38 Å². The molecule has 3 nitrogen and oxygen atoms in total. The van der Waals surface area contributed by atoms with E-state index in [-0.39, 0.29) is 11.9 Å². The molecule has 0 aliphatic heterocycles. The van der Waals surface area contributed by atoms with Crippen molar-refractivity contribution in [3.8, 4) is 11.3 Å². The van der Waals surface area contributed by atoms with Crippen molar-refractivity contribution in [2.75, 3.05) is 0 Å². The fraction of sp³-hybridized carbons (Fsp3) is 0.167. The first-order valence-electron chi connectivity index (χ1n) is 9.66. The lowest BCUT2D eigenvalue weighted by Gasteiger charge is -2.18. The smallest absolute Gasteiger partial charge is 0.190 e. The van der Waals surface area contributed by atoms with E-state index in [0.717, 1.165) is 29.0 Å². The summed E-state index contributed by atoms with van der Waals surface area (Å²) in [5.41, 5.74) is 3.55. The summed E-state index contributed by atoms with van der Waals surface area (Å²) in [7, 11) is 0. The van der Waals surface area contributed by atoms with E-state index in [9.17, 15) is 4.39 Å². The molecule has 4 rings (SSSR count). The van der Waals surface area contributed by atoms with Gasteiger partial charge >= 0.3 is 0 Å². The van der Waals surface area contributed by atoms with Crippen LogP contribution in [0.25, 0.3) is 11.3 Å². The van der Waals surface area contributed by atoms with Gasteiger partial charge in [0.15, 0.2) is 4.80 Å². The summed E-state index contributed by atoms with van der Waals surface area (Å²) < 4.78 is 16.7. The lowest BCUT2D eigenvalue weighted by Crippen LogP contribution is -2.20. The third-order valence-electron chi connectivity index (χ3n) is 4.90. The first-order valence-corrected chi connectivity index (χ1v) is 10.5. The van der Waals surface area contributed by atoms with E-state index in [1.165, 1.54) is 23.0 Å². The molecule has 146 valence electrons. The van der Waals surface area contributed by atoms with E-state index < -0.39 is 0 Å². The van der Waals surface area contributed by atoms with Crippen LogP contribution in [0.3, 0.4) is 0 Å². The van der Waals surface area contributed by atoms with E-state index in [1.54, 1.807) is 18.5 Å². The van der Waals surface area contributed by atoms with Crippen LogP contribution in [0.15, 0.2) is 89.5 Å². The molecule has 0 saturated carbocycles. The van der Waals surface area contributed by atoms with Crippen molar-refractivity contribution in [3.63, 3.8) is 0 Å². The highest BCUT2D eigenvalue weighted by molar-refractivity contribution is 7.07. The summed E-state index contributed by atoms with van der Waals surface area (Å²) in [6.45, 7) is 2.17. The molecule has 0 radical (unpaired) electrons.